The van der Waals surface area contributed by atoms with Crippen LogP contribution in [0, 0.1) is 0 Å². The average molecular weight is 166 g/mol. The number of carbonyl (C=O) groups is 1. The molecule has 0 aliphatic heterocycles. The highest BCUT2D eigenvalue weighted by Gasteiger charge is 1.95. The minimum atomic E-state index is 0.0796. The first-order valence-electron chi connectivity index (χ1n) is 3.77. The molecule has 0 N–H and O–H groups in total. The van der Waals surface area contributed by atoms with Crippen LogP contribution in [0.15, 0.2) is 36.1 Å². The zero-order chi connectivity index (χ0) is 9.40. The molecule has 0 aliphatic carbocycles. The van der Waals surface area contributed by atoms with Crippen molar-refractivity contribution in [3.8, 4) is 0 Å². The standard InChI is InChI=1S/C10H14O2/c1-4-5-6-10(9(2)3)12-8-7-11/h4-7H,2,8H2,1,3H3/b5-4-,10-6+. The summed E-state index contributed by atoms with van der Waals surface area (Å²) in [5, 5.41) is 0. The highest BCUT2D eigenvalue weighted by atomic mass is 16.5. The van der Waals surface area contributed by atoms with Gasteiger partial charge in [-0.2, -0.15) is 0 Å². The fourth-order valence-electron chi connectivity index (χ4n) is 0.621. The van der Waals surface area contributed by atoms with E-state index in [1.807, 2.05) is 26.0 Å². The molecule has 0 bridgehead atoms. The second kappa shape index (κ2) is 6.40. The van der Waals surface area contributed by atoms with Crippen LogP contribution in [-0.2, 0) is 9.53 Å². The maximum atomic E-state index is 10.0. The van der Waals surface area contributed by atoms with Gasteiger partial charge < -0.3 is 4.74 Å². The van der Waals surface area contributed by atoms with Crippen molar-refractivity contribution in [2.75, 3.05) is 6.61 Å². The largest absolute Gasteiger partial charge is 0.486 e. The molecule has 0 radical (unpaired) electrons. The van der Waals surface area contributed by atoms with Gasteiger partial charge in [0.05, 0.1) is 0 Å². The first kappa shape index (κ1) is 10.7. The van der Waals surface area contributed by atoms with E-state index in [9.17, 15) is 4.79 Å². The Balaban J connectivity index is 4.22. The molecule has 0 unspecified atom stereocenters. The highest BCUT2D eigenvalue weighted by Crippen LogP contribution is 2.07. The fourth-order valence-corrected chi connectivity index (χ4v) is 0.621. The van der Waals surface area contributed by atoms with Crippen molar-refractivity contribution < 1.29 is 9.53 Å². The molecule has 0 saturated heterocycles. The van der Waals surface area contributed by atoms with Gasteiger partial charge in [-0.15, -0.1) is 0 Å². The van der Waals surface area contributed by atoms with Gasteiger partial charge in [-0.05, 0) is 25.5 Å². The molecule has 0 aliphatic rings. The van der Waals surface area contributed by atoms with E-state index in [1.54, 1.807) is 6.08 Å². The summed E-state index contributed by atoms with van der Waals surface area (Å²) in [5.74, 6) is 0.653. The van der Waals surface area contributed by atoms with Crippen LogP contribution < -0.4 is 0 Å². The Morgan fingerprint density at radius 3 is 2.67 bits per heavy atom. The second-order valence-corrected chi connectivity index (χ2v) is 2.31. The summed E-state index contributed by atoms with van der Waals surface area (Å²) < 4.78 is 5.10. The summed E-state index contributed by atoms with van der Waals surface area (Å²) in [6, 6.07) is 0. The van der Waals surface area contributed by atoms with Gasteiger partial charge in [0.15, 0.2) is 6.29 Å². The van der Waals surface area contributed by atoms with E-state index in [2.05, 4.69) is 6.58 Å². The third-order valence-electron chi connectivity index (χ3n) is 1.17. The predicted molar refractivity (Wildman–Crippen MR) is 49.7 cm³/mol. The second-order valence-electron chi connectivity index (χ2n) is 2.31. The zero-order valence-corrected chi connectivity index (χ0v) is 7.54. The average Bonchev–Trinajstić information content (AvgIpc) is 2.04. The van der Waals surface area contributed by atoms with Crippen LogP contribution in [0.5, 0.6) is 0 Å². The smallest absolute Gasteiger partial charge is 0.157 e. The van der Waals surface area contributed by atoms with Crippen molar-refractivity contribution in [2.45, 2.75) is 13.8 Å². The number of carbonyl (C=O) groups excluding carboxylic acids is 1. The van der Waals surface area contributed by atoms with Crippen molar-refractivity contribution in [2.24, 2.45) is 0 Å². The molecule has 0 saturated carbocycles. The Bertz CT molecular complexity index is 212. The van der Waals surface area contributed by atoms with Crippen molar-refractivity contribution in [3.63, 3.8) is 0 Å². The number of ether oxygens (including phenoxy) is 1. The van der Waals surface area contributed by atoms with Crippen LogP contribution >= 0.6 is 0 Å². The van der Waals surface area contributed by atoms with E-state index in [4.69, 9.17) is 4.74 Å². The fraction of sp³-hybridized carbons (Fsp3) is 0.300. The van der Waals surface area contributed by atoms with E-state index in [-0.39, 0.29) is 6.61 Å². The molecule has 0 aromatic rings. The molecule has 0 aromatic heterocycles. The lowest BCUT2D eigenvalue weighted by atomic mass is 10.2. The number of aldehydes is 1. The molecule has 0 aromatic carbocycles. The van der Waals surface area contributed by atoms with Crippen molar-refractivity contribution >= 4 is 6.29 Å². The monoisotopic (exact) mass is 166 g/mol. The molecule has 2 heteroatoms. The lowest BCUT2D eigenvalue weighted by Crippen LogP contribution is -1.96. The van der Waals surface area contributed by atoms with E-state index >= 15 is 0 Å². The van der Waals surface area contributed by atoms with Crippen molar-refractivity contribution in [1.82, 2.24) is 0 Å². The van der Waals surface area contributed by atoms with E-state index < -0.39 is 0 Å². The van der Waals surface area contributed by atoms with Gasteiger partial charge in [-0.25, -0.2) is 0 Å². The summed E-state index contributed by atoms with van der Waals surface area (Å²) in [6.07, 6.45) is 6.22. The van der Waals surface area contributed by atoms with Gasteiger partial charge in [0.1, 0.15) is 12.4 Å². The third kappa shape index (κ3) is 4.50. The highest BCUT2D eigenvalue weighted by molar-refractivity contribution is 5.51. The van der Waals surface area contributed by atoms with E-state index in [0.717, 1.165) is 5.57 Å². The lowest BCUT2D eigenvalue weighted by molar-refractivity contribution is -0.110. The Morgan fingerprint density at radius 1 is 1.58 bits per heavy atom. The normalized spacial score (nSPS) is 11.7. The minimum absolute atomic E-state index is 0.0796. The van der Waals surface area contributed by atoms with E-state index in [0.29, 0.717) is 12.0 Å². The molecule has 0 atom stereocenters. The maximum Gasteiger partial charge on any atom is 0.157 e. The SMILES string of the molecule is C=C(C)/C(=C\C=C/C)OCC=O. The Labute approximate surface area is 73.2 Å². The Morgan fingerprint density at radius 2 is 2.25 bits per heavy atom. The van der Waals surface area contributed by atoms with Crippen LogP contribution in [0.2, 0.25) is 0 Å². The Hall–Kier alpha value is -1.31. The van der Waals surface area contributed by atoms with Crippen LogP contribution in [0.1, 0.15) is 13.8 Å². The summed E-state index contributed by atoms with van der Waals surface area (Å²) in [5.41, 5.74) is 0.815. The molecular weight excluding hydrogens is 152 g/mol. The topological polar surface area (TPSA) is 26.3 Å². The summed E-state index contributed by atoms with van der Waals surface area (Å²) in [7, 11) is 0. The van der Waals surface area contributed by atoms with E-state index in [1.165, 1.54) is 0 Å². The lowest BCUT2D eigenvalue weighted by Gasteiger charge is -2.05. The quantitative estimate of drug-likeness (QED) is 0.355. The first-order chi connectivity index (χ1) is 5.72. The minimum Gasteiger partial charge on any atom is -0.486 e. The van der Waals surface area contributed by atoms with Crippen molar-refractivity contribution in [1.29, 1.82) is 0 Å². The summed E-state index contributed by atoms with van der Waals surface area (Å²) in [4.78, 5) is 10.0. The first-order valence-corrected chi connectivity index (χ1v) is 3.77. The summed E-state index contributed by atoms with van der Waals surface area (Å²) in [6.45, 7) is 7.54. The Kier molecular flexibility index (Phi) is 5.70. The van der Waals surface area contributed by atoms with Gasteiger partial charge >= 0.3 is 0 Å². The van der Waals surface area contributed by atoms with Gasteiger partial charge in [0.25, 0.3) is 0 Å². The number of allylic oxidation sites excluding steroid dienone is 4. The molecule has 0 rings (SSSR count). The number of hydrogen-bond donors (Lipinski definition) is 0. The summed E-state index contributed by atoms with van der Waals surface area (Å²) >= 11 is 0. The molecule has 0 heterocycles. The zero-order valence-electron chi connectivity index (χ0n) is 7.54. The van der Waals surface area contributed by atoms with Crippen LogP contribution in [0.4, 0.5) is 0 Å². The van der Waals surface area contributed by atoms with Crippen LogP contribution in [-0.4, -0.2) is 12.9 Å². The number of rotatable bonds is 5. The molecule has 0 fully saturated rings. The maximum absolute atomic E-state index is 10.0. The third-order valence-corrected chi connectivity index (χ3v) is 1.17. The van der Waals surface area contributed by atoms with Crippen LogP contribution in [0.3, 0.4) is 0 Å². The molecule has 12 heavy (non-hydrogen) atoms. The molecule has 2 nitrogen and oxygen atoms in total. The molecule has 66 valence electrons. The van der Waals surface area contributed by atoms with Crippen molar-refractivity contribution in [3.05, 3.63) is 36.1 Å². The predicted octanol–water partition coefficient (Wildman–Crippen LogP) is 2.24. The molecule has 0 amide bonds. The molecule has 0 spiro atoms. The van der Waals surface area contributed by atoms with Gasteiger partial charge in [-0.1, -0.05) is 18.7 Å². The molecular formula is C10H14O2. The van der Waals surface area contributed by atoms with Crippen LogP contribution in [0.25, 0.3) is 0 Å². The number of hydrogen-bond acceptors (Lipinski definition) is 2. The van der Waals surface area contributed by atoms with Gasteiger partial charge in [0, 0.05) is 0 Å². The van der Waals surface area contributed by atoms with Gasteiger partial charge in [0.2, 0.25) is 0 Å². The van der Waals surface area contributed by atoms with Gasteiger partial charge in [-0.3, -0.25) is 4.79 Å².